The molecule has 0 fully saturated rings. The highest BCUT2D eigenvalue weighted by atomic mass is 16.1. The van der Waals surface area contributed by atoms with Gasteiger partial charge in [-0.2, -0.15) is 5.10 Å². The van der Waals surface area contributed by atoms with Gasteiger partial charge in [-0.1, -0.05) is 32.0 Å². The van der Waals surface area contributed by atoms with Crippen molar-refractivity contribution < 1.29 is 4.79 Å². The van der Waals surface area contributed by atoms with Gasteiger partial charge in [0.25, 0.3) is 0 Å². The summed E-state index contributed by atoms with van der Waals surface area (Å²) in [4.78, 5) is 11.3. The van der Waals surface area contributed by atoms with Gasteiger partial charge in [-0.3, -0.25) is 4.68 Å². The lowest BCUT2D eigenvalue weighted by molar-refractivity contribution is -0.118. The highest BCUT2D eigenvalue weighted by Gasteiger charge is 2.23. The first kappa shape index (κ1) is 12.8. The molecule has 3 heteroatoms. The van der Waals surface area contributed by atoms with E-state index < -0.39 is 0 Å². The number of Topliss-reactive ketones (excluding diaryl/α,β-unsaturated/α-hetero) is 1. The number of ketones is 1. The number of carbonyl (C=O) groups excluding carboxylic acids is 1. The zero-order valence-corrected chi connectivity index (χ0v) is 11.5. The summed E-state index contributed by atoms with van der Waals surface area (Å²) >= 11 is 0. The van der Waals surface area contributed by atoms with Crippen molar-refractivity contribution in [2.24, 2.45) is 12.5 Å². The van der Waals surface area contributed by atoms with Crippen LogP contribution < -0.4 is 0 Å². The van der Waals surface area contributed by atoms with E-state index in [0.717, 1.165) is 17.6 Å². The van der Waals surface area contributed by atoms with Crippen LogP contribution in [-0.4, -0.2) is 15.6 Å². The smallest absolute Gasteiger partial charge is 0.130 e. The Labute approximate surface area is 108 Å². The molecule has 0 aliphatic carbocycles. The predicted octanol–water partition coefficient (Wildman–Crippen LogP) is 3.12. The topological polar surface area (TPSA) is 34.9 Å². The zero-order chi connectivity index (χ0) is 13.3. The second-order valence-electron chi connectivity index (χ2n) is 5.81. The molecule has 2 rings (SSSR count). The zero-order valence-electron chi connectivity index (χ0n) is 11.5. The van der Waals surface area contributed by atoms with Crippen molar-refractivity contribution >= 4 is 16.7 Å². The Morgan fingerprint density at radius 3 is 2.67 bits per heavy atom. The first-order valence-corrected chi connectivity index (χ1v) is 6.29. The molecule has 2 aromatic rings. The standard InChI is InChI=1S/C15H20N2O/c1-11(18)9-15(2,3)10-13-12-7-5-6-8-14(12)17(4)16-13/h5-8H,9-10H2,1-4H3. The number of para-hydroxylation sites is 1. The Balaban J connectivity index is 2.35. The summed E-state index contributed by atoms with van der Waals surface area (Å²) in [6, 6.07) is 8.23. The van der Waals surface area contributed by atoms with Crippen LogP contribution in [0.2, 0.25) is 0 Å². The lowest BCUT2D eigenvalue weighted by Gasteiger charge is -2.21. The van der Waals surface area contributed by atoms with Gasteiger partial charge in [-0.25, -0.2) is 0 Å². The van der Waals surface area contributed by atoms with Crippen LogP contribution in [0.4, 0.5) is 0 Å². The van der Waals surface area contributed by atoms with Crippen LogP contribution in [0.3, 0.4) is 0 Å². The number of benzene rings is 1. The van der Waals surface area contributed by atoms with Gasteiger partial charge in [0.15, 0.2) is 0 Å². The minimum atomic E-state index is -0.0387. The van der Waals surface area contributed by atoms with Gasteiger partial charge < -0.3 is 4.79 Å². The number of hydrogen-bond acceptors (Lipinski definition) is 2. The molecule has 3 nitrogen and oxygen atoms in total. The number of aryl methyl sites for hydroxylation is 1. The van der Waals surface area contributed by atoms with Crippen molar-refractivity contribution in [2.75, 3.05) is 0 Å². The SMILES string of the molecule is CC(=O)CC(C)(C)Cc1nn(C)c2ccccc12. The van der Waals surface area contributed by atoms with E-state index in [9.17, 15) is 4.79 Å². The fraction of sp³-hybridized carbons (Fsp3) is 0.467. The van der Waals surface area contributed by atoms with Crippen LogP contribution >= 0.6 is 0 Å². The third-order valence-corrected chi connectivity index (χ3v) is 3.21. The van der Waals surface area contributed by atoms with E-state index in [4.69, 9.17) is 0 Å². The molecule has 18 heavy (non-hydrogen) atoms. The Morgan fingerprint density at radius 2 is 2.00 bits per heavy atom. The fourth-order valence-electron chi connectivity index (χ4n) is 2.61. The molecule has 0 N–H and O–H groups in total. The molecule has 1 aromatic heterocycles. The van der Waals surface area contributed by atoms with E-state index in [-0.39, 0.29) is 11.2 Å². The summed E-state index contributed by atoms with van der Waals surface area (Å²) in [5.41, 5.74) is 2.19. The quantitative estimate of drug-likeness (QED) is 0.828. The molecule has 0 bridgehead atoms. The summed E-state index contributed by atoms with van der Waals surface area (Å²) in [5, 5.41) is 5.78. The molecule has 0 atom stereocenters. The van der Waals surface area contributed by atoms with Crippen molar-refractivity contribution in [3.63, 3.8) is 0 Å². The molecule has 0 spiro atoms. The predicted molar refractivity (Wildman–Crippen MR) is 73.5 cm³/mol. The van der Waals surface area contributed by atoms with E-state index in [0.29, 0.717) is 6.42 Å². The van der Waals surface area contributed by atoms with Crippen LogP contribution in [0.25, 0.3) is 10.9 Å². The normalized spacial score (nSPS) is 12.0. The minimum Gasteiger partial charge on any atom is -0.300 e. The Kier molecular flexibility index (Phi) is 3.24. The highest BCUT2D eigenvalue weighted by molar-refractivity contribution is 5.82. The molecule has 1 aromatic carbocycles. The number of carbonyl (C=O) groups is 1. The lowest BCUT2D eigenvalue weighted by atomic mass is 9.82. The summed E-state index contributed by atoms with van der Waals surface area (Å²) in [5.74, 6) is 0.236. The third kappa shape index (κ3) is 2.61. The van der Waals surface area contributed by atoms with Crippen LogP contribution in [0.15, 0.2) is 24.3 Å². The van der Waals surface area contributed by atoms with Gasteiger partial charge in [-0.15, -0.1) is 0 Å². The molecule has 0 radical (unpaired) electrons. The van der Waals surface area contributed by atoms with Crippen molar-refractivity contribution in [3.05, 3.63) is 30.0 Å². The third-order valence-electron chi connectivity index (χ3n) is 3.21. The maximum Gasteiger partial charge on any atom is 0.130 e. The molecule has 0 saturated heterocycles. The molecular formula is C15H20N2O. The van der Waals surface area contributed by atoms with E-state index in [1.807, 2.05) is 23.9 Å². The average Bonchev–Trinajstić information content (AvgIpc) is 2.54. The van der Waals surface area contributed by atoms with Crippen LogP contribution in [-0.2, 0) is 18.3 Å². The molecule has 0 aliphatic heterocycles. The first-order valence-electron chi connectivity index (χ1n) is 6.29. The second-order valence-corrected chi connectivity index (χ2v) is 5.81. The average molecular weight is 244 g/mol. The fourth-order valence-corrected chi connectivity index (χ4v) is 2.61. The van der Waals surface area contributed by atoms with Gasteiger partial charge in [-0.05, 0) is 24.8 Å². The highest BCUT2D eigenvalue weighted by Crippen LogP contribution is 2.29. The summed E-state index contributed by atoms with van der Waals surface area (Å²) in [7, 11) is 1.96. The van der Waals surface area contributed by atoms with Gasteiger partial charge in [0.2, 0.25) is 0 Å². The van der Waals surface area contributed by atoms with Gasteiger partial charge >= 0.3 is 0 Å². The minimum absolute atomic E-state index is 0.0387. The van der Waals surface area contributed by atoms with Crippen molar-refractivity contribution in [1.82, 2.24) is 9.78 Å². The van der Waals surface area contributed by atoms with Gasteiger partial charge in [0.1, 0.15) is 5.78 Å². The maximum absolute atomic E-state index is 11.3. The van der Waals surface area contributed by atoms with Crippen LogP contribution in [0, 0.1) is 5.41 Å². The molecule has 0 saturated carbocycles. The monoisotopic (exact) mass is 244 g/mol. The number of fused-ring (bicyclic) bond motifs is 1. The van der Waals surface area contributed by atoms with E-state index in [2.05, 4.69) is 31.1 Å². The summed E-state index contributed by atoms with van der Waals surface area (Å²) in [6.07, 6.45) is 1.42. The molecule has 0 unspecified atom stereocenters. The van der Waals surface area contributed by atoms with E-state index in [1.165, 1.54) is 5.39 Å². The number of rotatable bonds is 4. The lowest BCUT2D eigenvalue weighted by Crippen LogP contribution is -2.19. The number of hydrogen-bond donors (Lipinski definition) is 0. The number of nitrogens with zero attached hydrogens (tertiary/aromatic N) is 2. The Morgan fingerprint density at radius 1 is 1.33 bits per heavy atom. The van der Waals surface area contributed by atoms with Crippen molar-refractivity contribution in [3.8, 4) is 0 Å². The largest absolute Gasteiger partial charge is 0.300 e. The van der Waals surface area contributed by atoms with Crippen LogP contribution in [0.5, 0.6) is 0 Å². The van der Waals surface area contributed by atoms with E-state index >= 15 is 0 Å². The number of aromatic nitrogens is 2. The Hall–Kier alpha value is -1.64. The van der Waals surface area contributed by atoms with Crippen molar-refractivity contribution in [2.45, 2.75) is 33.6 Å². The summed E-state index contributed by atoms with van der Waals surface area (Å²) < 4.78 is 1.91. The van der Waals surface area contributed by atoms with Gasteiger partial charge in [0, 0.05) is 18.9 Å². The second kappa shape index (κ2) is 4.56. The van der Waals surface area contributed by atoms with Crippen LogP contribution in [0.1, 0.15) is 32.9 Å². The first-order chi connectivity index (χ1) is 8.39. The molecule has 1 heterocycles. The molecule has 96 valence electrons. The molecular weight excluding hydrogens is 224 g/mol. The Bertz CT molecular complexity index is 581. The van der Waals surface area contributed by atoms with Crippen molar-refractivity contribution in [1.29, 1.82) is 0 Å². The van der Waals surface area contributed by atoms with Gasteiger partial charge in [0.05, 0.1) is 11.2 Å². The molecule has 0 amide bonds. The summed E-state index contributed by atoms with van der Waals surface area (Å²) in [6.45, 7) is 5.90. The molecule has 0 aliphatic rings. The maximum atomic E-state index is 11.3. The van der Waals surface area contributed by atoms with E-state index in [1.54, 1.807) is 6.92 Å².